The first-order valence-electron chi connectivity index (χ1n) is 5.51. The maximum absolute atomic E-state index is 11.5. The molecule has 2 heteroatoms. The molecule has 0 saturated carbocycles. The minimum absolute atomic E-state index is 0.101. The van der Waals surface area contributed by atoms with Crippen LogP contribution in [-0.2, 0) is 9.53 Å². The van der Waals surface area contributed by atoms with E-state index in [1.807, 2.05) is 44.2 Å². The first kappa shape index (κ1) is 12.5. The van der Waals surface area contributed by atoms with Gasteiger partial charge in [0.2, 0.25) is 0 Å². The fraction of sp³-hybridized carbons (Fsp3) is 0.357. The fourth-order valence-electron chi connectivity index (χ4n) is 1.35. The molecule has 86 valence electrons. The topological polar surface area (TPSA) is 26.3 Å². The van der Waals surface area contributed by atoms with Crippen molar-refractivity contribution in [1.82, 2.24) is 0 Å². The van der Waals surface area contributed by atoms with Crippen LogP contribution in [0.4, 0.5) is 0 Å². The van der Waals surface area contributed by atoms with Crippen LogP contribution in [0.5, 0.6) is 0 Å². The van der Waals surface area contributed by atoms with Gasteiger partial charge in [-0.3, -0.25) is 4.79 Å². The number of carbonyl (C=O) groups is 1. The van der Waals surface area contributed by atoms with E-state index in [4.69, 9.17) is 4.74 Å². The van der Waals surface area contributed by atoms with Gasteiger partial charge in [-0.1, -0.05) is 50.3 Å². The van der Waals surface area contributed by atoms with Crippen LogP contribution < -0.4 is 0 Å². The smallest absolute Gasteiger partial charge is 0.308 e. The molecule has 1 aromatic rings. The number of benzene rings is 1. The molecule has 0 spiro atoms. The molecule has 0 aliphatic rings. The van der Waals surface area contributed by atoms with Crippen molar-refractivity contribution in [2.45, 2.75) is 26.4 Å². The Hall–Kier alpha value is -1.57. The molecule has 1 aromatic carbocycles. The molecule has 16 heavy (non-hydrogen) atoms. The highest BCUT2D eigenvalue weighted by Gasteiger charge is 2.17. The van der Waals surface area contributed by atoms with Crippen LogP contribution in [0.1, 0.15) is 31.9 Å². The highest BCUT2D eigenvalue weighted by Crippen LogP contribution is 2.22. The monoisotopic (exact) mass is 218 g/mol. The molecular weight excluding hydrogens is 200 g/mol. The zero-order valence-corrected chi connectivity index (χ0v) is 9.85. The molecule has 0 amide bonds. The average molecular weight is 218 g/mol. The minimum atomic E-state index is -0.214. The standard InChI is InChI=1S/C14H18O2/c1-4-8-13(16-14(15)11(2)3)12-9-6-5-7-10-12/h4-7,9-11,13H,1,8H2,2-3H3/t13-/m1/s1. The third kappa shape index (κ3) is 3.54. The summed E-state index contributed by atoms with van der Waals surface area (Å²) in [5, 5.41) is 0. The third-order valence-electron chi connectivity index (χ3n) is 2.28. The van der Waals surface area contributed by atoms with Crippen LogP contribution in [0.15, 0.2) is 43.0 Å². The zero-order chi connectivity index (χ0) is 12.0. The van der Waals surface area contributed by atoms with Crippen molar-refractivity contribution >= 4 is 5.97 Å². The summed E-state index contributed by atoms with van der Waals surface area (Å²) in [5.74, 6) is -0.272. The van der Waals surface area contributed by atoms with Gasteiger partial charge in [0.15, 0.2) is 0 Å². The summed E-state index contributed by atoms with van der Waals surface area (Å²) in [6.07, 6.45) is 2.20. The van der Waals surface area contributed by atoms with E-state index in [9.17, 15) is 4.79 Å². The highest BCUT2D eigenvalue weighted by molar-refractivity contribution is 5.71. The van der Waals surface area contributed by atoms with Crippen LogP contribution in [0.2, 0.25) is 0 Å². The molecule has 0 bridgehead atoms. The maximum Gasteiger partial charge on any atom is 0.308 e. The van der Waals surface area contributed by atoms with Gasteiger partial charge in [0, 0.05) is 6.42 Å². The van der Waals surface area contributed by atoms with Gasteiger partial charge in [0.05, 0.1) is 5.92 Å². The number of hydrogen-bond acceptors (Lipinski definition) is 2. The molecule has 2 nitrogen and oxygen atoms in total. The van der Waals surface area contributed by atoms with E-state index in [0.29, 0.717) is 6.42 Å². The summed E-state index contributed by atoms with van der Waals surface area (Å²) < 4.78 is 5.43. The van der Waals surface area contributed by atoms with Crippen LogP contribution in [0, 0.1) is 5.92 Å². The van der Waals surface area contributed by atoms with Gasteiger partial charge >= 0.3 is 5.97 Å². The van der Waals surface area contributed by atoms with E-state index in [1.165, 1.54) is 0 Å². The van der Waals surface area contributed by atoms with Gasteiger partial charge in [-0.2, -0.15) is 0 Å². The van der Waals surface area contributed by atoms with E-state index in [0.717, 1.165) is 5.56 Å². The van der Waals surface area contributed by atoms with Crippen LogP contribution >= 0.6 is 0 Å². The zero-order valence-electron chi connectivity index (χ0n) is 9.85. The Kier molecular flexibility index (Phi) is 4.77. The van der Waals surface area contributed by atoms with Gasteiger partial charge in [-0.05, 0) is 5.56 Å². The lowest BCUT2D eigenvalue weighted by atomic mass is 10.1. The number of carbonyl (C=O) groups excluding carboxylic acids is 1. The van der Waals surface area contributed by atoms with Gasteiger partial charge in [0.1, 0.15) is 6.10 Å². The van der Waals surface area contributed by atoms with E-state index in [-0.39, 0.29) is 18.0 Å². The normalized spacial score (nSPS) is 12.2. The molecule has 1 atom stereocenters. The predicted octanol–water partition coefficient (Wildman–Crippen LogP) is 3.50. The largest absolute Gasteiger partial charge is 0.457 e. The summed E-state index contributed by atoms with van der Waals surface area (Å²) in [7, 11) is 0. The average Bonchev–Trinajstić information content (AvgIpc) is 2.29. The molecule has 0 radical (unpaired) electrons. The molecule has 0 aliphatic heterocycles. The summed E-state index contributed by atoms with van der Waals surface area (Å²) >= 11 is 0. The lowest BCUT2D eigenvalue weighted by Crippen LogP contribution is -2.15. The van der Waals surface area contributed by atoms with Gasteiger partial charge in [0.25, 0.3) is 0 Å². The van der Waals surface area contributed by atoms with Crippen LogP contribution in [-0.4, -0.2) is 5.97 Å². The van der Waals surface area contributed by atoms with E-state index >= 15 is 0 Å². The summed E-state index contributed by atoms with van der Waals surface area (Å²) in [6, 6.07) is 9.74. The number of hydrogen-bond donors (Lipinski definition) is 0. The second kappa shape index (κ2) is 6.11. The summed E-state index contributed by atoms with van der Waals surface area (Å²) in [5.41, 5.74) is 1.01. The van der Waals surface area contributed by atoms with Gasteiger partial charge < -0.3 is 4.74 Å². The van der Waals surface area contributed by atoms with E-state index in [2.05, 4.69) is 6.58 Å². The lowest BCUT2D eigenvalue weighted by molar-refractivity contribution is -0.153. The quantitative estimate of drug-likeness (QED) is 0.558. The highest BCUT2D eigenvalue weighted by atomic mass is 16.5. The Bertz CT molecular complexity index is 341. The molecule has 0 saturated heterocycles. The second-order valence-electron chi connectivity index (χ2n) is 4.02. The van der Waals surface area contributed by atoms with Crippen molar-refractivity contribution in [2.75, 3.05) is 0 Å². The summed E-state index contributed by atoms with van der Waals surface area (Å²) in [4.78, 5) is 11.5. The van der Waals surface area contributed by atoms with Gasteiger partial charge in [-0.25, -0.2) is 0 Å². The van der Waals surface area contributed by atoms with Crippen molar-refractivity contribution in [3.8, 4) is 0 Å². The first-order valence-corrected chi connectivity index (χ1v) is 5.51. The molecule has 0 N–H and O–H groups in total. The van der Waals surface area contributed by atoms with Crippen molar-refractivity contribution in [3.63, 3.8) is 0 Å². The molecule has 0 fully saturated rings. The minimum Gasteiger partial charge on any atom is -0.457 e. The molecular formula is C14H18O2. The molecule has 0 unspecified atom stereocenters. The van der Waals surface area contributed by atoms with E-state index in [1.54, 1.807) is 6.08 Å². The van der Waals surface area contributed by atoms with Crippen molar-refractivity contribution in [3.05, 3.63) is 48.6 Å². The van der Waals surface area contributed by atoms with Crippen molar-refractivity contribution in [2.24, 2.45) is 5.92 Å². The second-order valence-corrected chi connectivity index (χ2v) is 4.02. The molecule has 0 aromatic heterocycles. The summed E-state index contributed by atoms with van der Waals surface area (Å²) in [6.45, 7) is 7.35. The Morgan fingerprint density at radius 1 is 1.38 bits per heavy atom. The number of ether oxygens (including phenoxy) is 1. The van der Waals surface area contributed by atoms with E-state index < -0.39 is 0 Å². The predicted molar refractivity (Wildman–Crippen MR) is 64.9 cm³/mol. The van der Waals surface area contributed by atoms with Gasteiger partial charge in [-0.15, -0.1) is 6.58 Å². The lowest BCUT2D eigenvalue weighted by Gasteiger charge is -2.18. The third-order valence-corrected chi connectivity index (χ3v) is 2.28. The maximum atomic E-state index is 11.5. The first-order chi connectivity index (χ1) is 7.65. The Morgan fingerprint density at radius 3 is 2.50 bits per heavy atom. The molecule has 0 heterocycles. The number of rotatable bonds is 5. The molecule has 0 aliphatic carbocycles. The van der Waals surface area contributed by atoms with Crippen LogP contribution in [0.25, 0.3) is 0 Å². The Labute approximate surface area is 96.9 Å². The number of esters is 1. The fourth-order valence-corrected chi connectivity index (χ4v) is 1.35. The molecule has 1 rings (SSSR count). The SMILES string of the molecule is C=CC[C@@H](OC(=O)C(C)C)c1ccccc1. The Morgan fingerprint density at radius 2 is 2.00 bits per heavy atom. The van der Waals surface area contributed by atoms with Crippen LogP contribution in [0.3, 0.4) is 0 Å². The van der Waals surface area contributed by atoms with Crippen molar-refractivity contribution < 1.29 is 9.53 Å². The van der Waals surface area contributed by atoms with Crippen molar-refractivity contribution in [1.29, 1.82) is 0 Å². The Balaban J connectivity index is 2.76.